The molecule has 0 radical (unpaired) electrons. The zero-order valence-electron chi connectivity index (χ0n) is 16.8. The summed E-state index contributed by atoms with van der Waals surface area (Å²) in [5.74, 6) is 1.09. The fourth-order valence-corrected chi connectivity index (χ4v) is 4.25. The number of benzene rings is 2. The second kappa shape index (κ2) is 9.94. The molecule has 0 aliphatic heterocycles. The Hall–Kier alpha value is -2.31. The van der Waals surface area contributed by atoms with E-state index in [4.69, 9.17) is 0 Å². The Balaban J connectivity index is 1.55. The highest BCUT2D eigenvalue weighted by atomic mass is 79.9. The molecule has 0 spiro atoms. The van der Waals surface area contributed by atoms with Gasteiger partial charge in [0.1, 0.15) is 0 Å². The minimum absolute atomic E-state index is 0.0980. The fourth-order valence-electron chi connectivity index (χ4n) is 3.08. The molecule has 1 N–H and O–H groups in total. The lowest BCUT2D eigenvalue weighted by atomic mass is 10.2. The van der Waals surface area contributed by atoms with E-state index in [0.717, 1.165) is 32.9 Å². The van der Waals surface area contributed by atoms with Gasteiger partial charge in [-0.1, -0.05) is 51.8 Å². The van der Waals surface area contributed by atoms with E-state index in [1.54, 1.807) is 18.0 Å². The fraction of sp³-hybridized carbons (Fsp3) is 0.217. The average molecular weight is 470 g/mol. The Morgan fingerprint density at radius 2 is 1.90 bits per heavy atom. The third-order valence-electron chi connectivity index (χ3n) is 4.55. The predicted octanol–water partition coefficient (Wildman–Crippen LogP) is 5.55. The number of aromatic nitrogens is 1. The largest absolute Gasteiger partial charge is 0.318 e. The first kappa shape index (κ1) is 21.4. The second-order valence-electron chi connectivity index (χ2n) is 6.91. The number of carbonyl (C=O) groups excluding carboxylic acids is 1. The minimum atomic E-state index is -0.0980. The summed E-state index contributed by atoms with van der Waals surface area (Å²) in [7, 11) is 0. The molecule has 3 rings (SSSR count). The van der Waals surface area contributed by atoms with Gasteiger partial charge in [0.25, 0.3) is 0 Å². The first-order valence-corrected chi connectivity index (χ1v) is 11.3. The summed E-state index contributed by atoms with van der Waals surface area (Å²) in [5.41, 5.74) is 9.34. The Labute approximate surface area is 184 Å². The number of halogens is 1. The van der Waals surface area contributed by atoms with Gasteiger partial charge in [-0.25, -0.2) is 5.43 Å². The number of hydrogen-bond donors (Lipinski definition) is 1. The van der Waals surface area contributed by atoms with Crippen molar-refractivity contribution in [3.63, 3.8) is 0 Å². The van der Waals surface area contributed by atoms with E-state index in [1.165, 1.54) is 11.1 Å². The van der Waals surface area contributed by atoms with E-state index in [2.05, 4.69) is 94.3 Å². The van der Waals surface area contributed by atoms with E-state index < -0.39 is 0 Å². The molecule has 0 saturated carbocycles. The molecule has 1 amide bonds. The van der Waals surface area contributed by atoms with E-state index in [0.29, 0.717) is 5.75 Å². The number of thioether (sulfide) groups is 1. The lowest BCUT2D eigenvalue weighted by Crippen LogP contribution is -2.19. The smallest absolute Gasteiger partial charge is 0.250 e. The molecule has 3 aromatic rings. The highest BCUT2D eigenvalue weighted by molar-refractivity contribution is 9.10. The molecule has 29 heavy (non-hydrogen) atoms. The van der Waals surface area contributed by atoms with Gasteiger partial charge in [-0.05, 0) is 50.6 Å². The predicted molar refractivity (Wildman–Crippen MR) is 126 cm³/mol. The van der Waals surface area contributed by atoms with Gasteiger partial charge in [-0.2, -0.15) is 5.10 Å². The van der Waals surface area contributed by atoms with Crippen molar-refractivity contribution in [3.8, 4) is 5.69 Å². The van der Waals surface area contributed by atoms with Gasteiger partial charge >= 0.3 is 0 Å². The summed E-state index contributed by atoms with van der Waals surface area (Å²) in [6, 6.07) is 18.6. The minimum Gasteiger partial charge on any atom is -0.318 e. The summed E-state index contributed by atoms with van der Waals surface area (Å²) in [5, 5.41) is 4.14. The maximum absolute atomic E-state index is 12.0. The first-order valence-electron chi connectivity index (χ1n) is 9.34. The normalized spacial score (nSPS) is 11.2. The van der Waals surface area contributed by atoms with Crippen molar-refractivity contribution in [1.82, 2.24) is 9.99 Å². The number of amides is 1. The summed E-state index contributed by atoms with van der Waals surface area (Å²) < 4.78 is 3.21. The number of rotatable bonds is 7. The Morgan fingerprint density at radius 3 is 2.62 bits per heavy atom. The molecule has 0 saturated heterocycles. The van der Waals surface area contributed by atoms with E-state index in [9.17, 15) is 4.79 Å². The zero-order chi connectivity index (χ0) is 20.8. The standard InChI is InChI=1S/C23H24BrN3OS/c1-16-7-9-19(10-8-16)14-29-15-23(28)26-25-13-20-11-17(2)27(18(20)3)22-6-4-5-21(24)12-22/h4-13H,14-15H2,1-3H3,(H,26,28)/b25-13+. The van der Waals surface area contributed by atoms with Crippen molar-refractivity contribution in [3.05, 3.63) is 87.1 Å². The molecule has 0 aliphatic rings. The van der Waals surface area contributed by atoms with Crippen LogP contribution in [0.5, 0.6) is 0 Å². The van der Waals surface area contributed by atoms with Crippen molar-refractivity contribution in [2.24, 2.45) is 5.10 Å². The van der Waals surface area contributed by atoms with Gasteiger partial charge in [0.15, 0.2) is 0 Å². The summed E-state index contributed by atoms with van der Waals surface area (Å²) in [6.07, 6.45) is 1.71. The second-order valence-corrected chi connectivity index (χ2v) is 8.81. The lowest BCUT2D eigenvalue weighted by Gasteiger charge is -2.09. The van der Waals surface area contributed by atoms with Gasteiger partial charge in [0.2, 0.25) is 5.91 Å². The van der Waals surface area contributed by atoms with Crippen LogP contribution in [0.3, 0.4) is 0 Å². The monoisotopic (exact) mass is 469 g/mol. The molecule has 0 bridgehead atoms. The molecular formula is C23H24BrN3OS. The summed E-state index contributed by atoms with van der Waals surface area (Å²) in [6.45, 7) is 6.18. The van der Waals surface area contributed by atoms with Gasteiger partial charge in [-0.3, -0.25) is 4.79 Å². The highest BCUT2D eigenvalue weighted by Crippen LogP contribution is 2.22. The summed E-state index contributed by atoms with van der Waals surface area (Å²) >= 11 is 5.10. The van der Waals surface area contributed by atoms with Crippen molar-refractivity contribution in [2.45, 2.75) is 26.5 Å². The van der Waals surface area contributed by atoms with Crippen LogP contribution in [-0.4, -0.2) is 22.4 Å². The van der Waals surface area contributed by atoms with Crippen LogP contribution in [-0.2, 0) is 10.5 Å². The Bertz CT molecular complexity index is 1030. The van der Waals surface area contributed by atoms with E-state index in [1.807, 2.05) is 12.1 Å². The summed E-state index contributed by atoms with van der Waals surface area (Å²) in [4.78, 5) is 12.0. The van der Waals surface area contributed by atoms with Crippen LogP contribution in [0.4, 0.5) is 0 Å². The lowest BCUT2D eigenvalue weighted by molar-refractivity contribution is -0.118. The number of carbonyl (C=O) groups is 1. The molecule has 0 unspecified atom stereocenters. The molecule has 0 aliphatic carbocycles. The molecular weight excluding hydrogens is 446 g/mol. The zero-order valence-corrected chi connectivity index (χ0v) is 19.2. The van der Waals surface area contributed by atoms with Crippen LogP contribution in [0.2, 0.25) is 0 Å². The maximum atomic E-state index is 12.0. The molecule has 4 nitrogen and oxygen atoms in total. The van der Waals surface area contributed by atoms with E-state index in [-0.39, 0.29) is 5.91 Å². The topological polar surface area (TPSA) is 46.4 Å². The SMILES string of the molecule is Cc1ccc(CSCC(=O)N/N=C/c2cc(C)n(-c3cccc(Br)c3)c2C)cc1. The maximum Gasteiger partial charge on any atom is 0.250 e. The molecule has 150 valence electrons. The third-order valence-corrected chi connectivity index (χ3v) is 6.05. The van der Waals surface area contributed by atoms with Gasteiger partial charge in [0, 0.05) is 32.9 Å². The van der Waals surface area contributed by atoms with Crippen LogP contribution in [0, 0.1) is 20.8 Å². The molecule has 2 aromatic carbocycles. The molecule has 0 fully saturated rings. The van der Waals surface area contributed by atoms with Crippen molar-refractivity contribution in [2.75, 3.05) is 5.75 Å². The molecule has 1 aromatic heterocycles. The molecule has 0 atom stereocenters. The quantitative estimate of drug-likeness (QED) is 0.364. The van der Waals surface area contributed by atoms with Crippen molar-refractivity contribution >= 4 is 39.8 Å². The number of nitrogens with zero attached hydrogens (tertiary/aromatic N) is 2. The van der Waals surface area contributed by atoms with E-state index >= 15 is 0 Å². The van der Waals surface area contributed by atoms with Gasteiger partial charge in [-0.15, -0.1) is 11.8 Å². The molecule has 1 heterocycles. The van der Waals surface area contributed by atoms with Crippen LogP contribution < -0.4 is 5.43 Å². The van der Waals surface area contributed by atoms with Crippen molar-refractivity contribution < 1.29 is 4.79 Å². The highest BCUT2D eigenvalue weighted by Gasteiger charge is 2.10. The number of hydrazone groups is 1. The molecule has 6 heteroatoms. The Morgan fingerprint density at radius 1 is 1.14 bits per heavy atom. The van der Waals surface area contributed by atoms with Crippen molar-refractivity contribution in [1.29, 1.82) is 0 Å². The third kappa shape index (κ3) is 5.84. The van der Waals surface area contributed by atoms with Gasteiger partial charge in [0.05, 0.1) is 12.0 Å². The number of hydrogen-bond acceptors (Lipinski definition) is 3. The first-order chi connectivity index (χ1) is 13.9. The van der Waals surface area contributed by atoms with Crippen LogP contribution >= 0.6 is 27.7 Å². The Kier molecular flexibility index (Phi) is 7.34. The number of aryl methyl sites for hydroxylation is 2. The average Bonchev–Trinajstić information content (AvgIpc) is 2.97. The number of nitrogens with one attached hydrogen (secondary N) is 1. The van der Waals surface area contributed by atoms with Gasteiger partial charge < -0.3 is 4.57 Å². The van der Waals surface area contributed by atoms with Crippen LogP contribution in [0.25, 0.3) is 5.69 Å². The van der Waals surface area contributed by atoms with Crippen LogP contribution in [0.1, 0.15) is 28.1 Å². The van der Waals surface area contributed by atoms with Crippen LogP contribution in [0.15, 0.2) is 64.2 Å².